The first-order valence-corrected chi connectivity index (χ1v) is 6.93. The predicted molar refractivity (Wildman–Crippen MR) is 69.2 cm³/mol. The molecule has 1 aliphatic rings. The molecule has 3 N–H and O–H groups in total. The van der Waals surface area contributed by atoms with Gasteiger partial charge in [0.15, 0.2) is 6.29 Å². The molecule has 0 aromatic heterocycles. The number of hydrogen-bond donors (Lipinski definition) is 3. The zero-order valence-corrected chi connectivity index (χ0v) is 11.7. The number of ether oxygens (including phenoxy) is 2. The summed E-state index contributed by atoms with van der Waals surface area (Å²) < 4.78 is 10.7. The number of aliphatic hydroxyl groups is 3. The summed E-state index contributed by atoms with van der Waals surface area (Å²) in [6.45, 7) is 6.38. The zero-order valence-electron chi connectivity index (χ0n) is 11.7. The van der Waals surface area contributed by atoms with E-state index in [0.29, 0.717) is 6.61 Å². The molecule has 18 heavy (non-hydrogen) atoms. The van der Waals surface area contributed by atoms with E-state index in [1.165, 1.54) is 0 Å². The van der Waals surface area contributed by atoms with E-state index in [1.54, 1.807) is 0 Å². The van der Waals surface area contributed by atoms with Gasteiger partial charge in [0.2, 0.25) is 0 Å². The highest BCUT2D eigenvalue weighted by molar-refractivity contribution is 4.82. The molecule has 4 atom stereocenters. The summed E-state index contributed by atoms with van der Waals surface area (Å²) in [5.74, 6) is 0. The number of unbranched alkanes of at least 4 members (excludes halogenated alkanes) is 2. The fraction of sp³-hybridized carbons (Fsp3) is 1.00. The molecule has 0 saturated carbocycles. The average Bonchev–Trinajstić information content (AvgIpc) is 2.41. The van der Waals surface area contributed by atoms with Crippen LogP contribution >= 0.6 is 0 Å². The molecule has 1 rings (SSSR count). The van der Waals surface area contributed by atoms with Gasteiger partial charge in [-0.1, -0.05) is 33.6 Å². The maximum absolute atomic E-state index is 9.53. The van der Waals surface area contributed by atoms with Crippen molar-refractivity contribution in [2.75, 3.05) is 13.2 Å². The highest BCUT2D eigenvalue weighted by Crippen LogP contribution is 2.21. The van der Waals surface area contributed by atoms with E-state index >= 15 is 0 Å². The van der Waals surface area contributed by atoms with E-state index in [1.807, 2.05) is 13.8 Å². The van der Waals surface area contributed by atoms with Gasteiger partial charge >= 0.3 is 0 Å². The summed E-state index contributed by atoms with van der Waals surface area (Å²) in [5.41, 5.74) is 0. The van der Waals surface area contributed by atoms with Crippen molar-refractivity contribution in [2.24, 2.45) is 0 Å². The van der Waals surface area contributed by atoms with Gasteiger partial charge in [0.1, 0.15) is 12.2 Å². The van der Waals surface area contributed by atoms with Crippen LogP contribution in [0, 0.1) is 0 Å². The van der Waals surface area contributed by atoms with E-state index in [-0.39, 0.29) is 13.0 Å². The van der Waals surface area contributed by atoms with Crippen molar-refractivity contribution in [1.82, 2.24) is 0 Å². The van der Waals surface area contributed by atoms with E-state index in [0.717, 1.165) is 19.3 Å². The molecule has 0 aliphatic carbocycles. The van der Waals surface area contributed by atoms with Crippen LogP contribution in [0.3, 0.4) is 0 Å². The Hall–Kier alpha value is -0.200. The van der Waals surface area contributed by atoms with E-state index < -0.39 is 24.6 Å². The third-order valence-electron chi connectivity index (χ3n) is 2.77. The second-order valence-corrected chi connectivity index (χ2v) is 4.16. The van der Waals surface area contributed by atoms with E-state index in [9.17, 15) is 10.2 Å². The molecule has 0 amide bonds. The molecule has 0 radical (unpaired) electrons. The van der Waals surface area contributed by atoms with Gasteiger partial charge in [-0.2, -0.15) is 0 Å². The van der Waals surface area contributed by atoms with Crippen molar-refractivity contribution >= 4 is 0 Å². The van der Waals surface area contributed by atoms with Crippen molar-refractivity contribution in [1.29, 1.82) is 0 Å². The third-order valence-corrected chi connectivity index (χ3v) is 2.77. The Morgan fingerprint density at radius 2 is 1.89 bits per heavy atom. The SMILES string of the molecule is CC.CCCCCOC1CC(O)C(O)C(CO)O1. The van der Waals surface area contributed by atoms with Gasteiger partial charge in [-0.15, -0.1) is 0 Å². The summed E-state index contributed by atoms with van der Waals surface area (Å²) in [5, 5.41) is 28.0. The third kappa shape index (κ3) is 6.11. The monoisotopic (exact) mass is 264 g/mol. The number of rotatable bonds is 6. The smallest absolute Gasteiger partial charge is 0.160 e. The van der Waals surface area contributed by atoms with Gasteiger partial charge in [0.05, 0.1) is 12.7 Å². The average molecular weight is 264 g/mol. The molecular weight excluding hydrogens is 236 g/mol. The highest BCUT2D eigenvalue weighted by atomic mass is 16.7. The lowest BCUT2D eigenvalue weighted by Gasteiger charge is -2.36. The van der Waals surface area contributed by atoms with Crippen LogP contribution in [0.2, 0.25) is 0 Å². The van der Waals surface area contributed by atoms with Crippen molar-refractivity contribution in [3.05, 3.63) is 0 Å². The lowest BCUT2D eigenvalue weighted by Crippen LogP contribution is -2.50. The molecule has 0 bridgehead atoms. The quantitative estimate of drug-likeness (QED) is 0.625. The highest BCUT2D eigenvalue weighted by Gasteiger charge is 2.36. The van der Waals surface area contributed by atoms with Crippen LogP contribution in [-0.4, -0.2) is 53.1 Å². The lowest BCUT2D eigenvalue weighted by molar-refractivity contribution is -0.256. The van der Waals surface area contributed by atoms with E-state index in [2.05, 4.69) is 6.92 Å². The van der Waals surface area contributed by atoms with Crippen LogP contribution < -0.4 is 0 Å². The molecule has 1 aliphatic heterocycles. The maximum Gasteiger partial charge on any atom is 0.160 e. The largest absolute Gasteiger partial charge is 0.394 e. The first-order valence-electron chi connectivity index (χ1n) is 6.93. The van der Waals surface area contributed by atoms with Crippen molar-refractivity contribution in [2.45, 2.75) is 71.1 Å². The minimum atomic E-state index is -1.03. The first kappa shape index (κ1) is 17.8. The fourth-order valence-corrected chi connectivity index (χ4v) is 1.74. The second kappa shape index (κ2) is 10.7. The standard InChI is InChI=1S/C11H22O5.C2H6/c1-2-3-4-5-15-10-6-8(13)11(14)9(7-12)16-10;1-2/h8-14H,2-7H2,1H3;1-2H3. The van der Waals surface area contributed by atoms with Gasteiger partial charge in [0, 0.05) is 13.0 Å². The maximum atomic E-state index is 9.53. The molecule has 0 spiro atoms. The Bertz CT molecular complexity index is 188. The number of hydrogen-bond acceptors (Lipinski definition) is 5. The molecule has 5 heteroatoms. The molecule has 4 unspecified atom stereocenters. The van der Waals surface area contributed by atoms with E-state index in [4.69, 9.17) is 14.6 Å². The second-order valence-electron chi connectivity index (χ2n) is 4.16. The van der Waals surface area contributed by atoms with Crippen LogP contribution in [0.25, 0.3) is 0 Å². The normalized spacial score (nSPS) is 31.7. The summed E-state index contributed by atoms with van der Waals surface area (Å²) in [7, 11) is 0. The van der Waals surface area contributed by atoms with Crippen molar-refractivity contribution < 1.29 is 24.8 Å². The minimum Gasteiger partial charge on any atom is -0.394 e. The molecule has 1 heterocycles. The van der Waals surface area contributed by atoms with Gasteiger partial charge < -0.3 is 24.8 Å². The van der Waals surface area contributed by atoms with Crippen LogP contribution in [0.15, 0.2) is 0 Å². The lowest BCUT2D eigenvalue weighted by atomic mass is 10.0. The molecule has 1 fully saturated rings. The van der Waals surface area contributed by atoms with Crippen molar-refractivity contribution in [3.63, 3.8) is 0 Å². The Morgan fingerprint density at radius 3 is 2.44 bits per heavy atom. The van der Waals surface area contributed by atoms with Gasteiger partial charge in [0.25, 0.3) is 0 Å². The van der Waals surface area contributed by atoms with Crippen LogP contribution in [-0.2, 0) is 9.47 Å². The summed E-state index contributed by atoms with van der Waals surface area (Å²) in [6, 6.07) is 0. The molecule has 5 nitrogen and oxygen atoms in total. The summed E-state index contributed by atoms with van der Waals surface area (Å²) in [6.07, 6.45) is 0.245. The Morgan fingerprint density at radius 1 is 1.22 bits per heavy atom. The molecule has 0 aromatic carbocycles. The Labute approximate surface area is 110 Å². The fourth-order valence-electron chi connectivity index (χ4n) is 1.74. The topological polar surface area (TPSA) is 79.2 Å². The first-order chi connectivity index (χ1) is 8.69. The van der Waals surface area contributed by atoms with Crippen LogP contribution in [0.4, 0.5) is 0 Å². The van der Waals surface area contributed by atoms with Gasteiger partial charge in [-0.05, 0) is 6.42 Å². The Kier molecular flexibility index (Phi) is 10.6. The van der Waals surface area contributed by atoms with Gasteiger partial charge in [-0.3, -0.25) is 0 Å². The zero-order chi connectivity index (χ0) is 14.0. The van der Waals surface area contributed by atoms with Crippen molar-refractivity contribution in [3.8, 4) is 0 Å². The molecule has 1 saturated heterocycles. The van der Waals surface area contributed by atoms with Gasteiger partial charge in [-0.25, -0.2) is 0 Å². The summed E-state index contributed by atoms with van der Waals surface area (Å²) >= 11 is 0. The predicted octanol–water partition coefficient (Wildman–Crippen LogP) is 1.05. The van der Waals surface area contributed by atoms with Crippen LogP contribution in [0.5, 0.6) is 0 Å². The minimum absolute atomic E-state index is 0.254. The molecule has 110 valence electrons. The van der Waals surface area contributed by atoms with Crippen LogP contribution in [0.1, 0.15) is 46.5 Å². The summed E-state index contributed by atoms with van der Waals surface area (Å²) in [4.78, 5) is 0. The Balaban J connectivity index is 0.00000137. The molecular formula is C13H28O5. The number of aliphatic hydroxyl groups excluding tert-OH is 3. The molecule has 0 aromatic rings.